The van der Waals surface area contributed by atoms with E-state index in [0.717, 1.165) is 98.1 Å². The average molecular weight is 697 g/mol. The molecule has 3 fully saturated rings. The number of esters is 1. The fraction of sp³-hybridized carbons (Fsp3) is 0.512. The molecular formula is C41H52N4O6. The second-order valence-corrected chi connectivity index (χ2v) is 14.0. The van der Waals surface area contributed by atoms with Gasteiger partial charge in [-0.05, 0) is 70.7 Å². The van der Waals surface area contributed by atoms with E-state index in [0.29, 0.717) is 32.5 Å². The summed E-state index contributed by atoms with van der Waals surface area (Å²) in [5.41, 5.74) is 1.76. The van der Waals surface area contributed by atoms with E-state index in [1.165, 1.54) is 6.42 Å². The number of hydrogen-bond donors (Lipinski definition) is 1. The van der Waals surface area contributed by atoms with Crippen LogP contribution in [0, 0.1) is 5.92 Å². The summed E-state index contributed by atoms with van der Waals surface area (Å²) in [4.78, 5) is 47.0. The molecule has 272 valence electrons. The zero-order valence-electron chi connectivity index (χ0n) is 30.1. The minimum atomic E-state index is -0.902. The quantitative estimate of drug-likeness (QED) is 0.0756. The van der Waals surface area contributed by atoms with Crippen LogP contribution >= 0.6 is 0 Å². The van der Waals surface area contributed by atoms with E-state index in [2.05, 4.69) is 16.3 Å². The van der Waals surface area contributed by atoms with Crippen LogP contribution in [0.4, 0.5) is 0 Å². The topological polar surface area (TPSA) is 110 Å². The molecule has 2 aliphatic heterocycles. The Morgan fingerprint density at radius 1 is 1.04 bits per heavy atom. The maximum atomic E-state index is 14.2. The molecule has 2 unspecified atom stereocenters. The van der Waals surface area contributed by atoms with Crippen LogP contribution in [0.25, 0.3) is 22.2 Å². The lowest BCUT2D eigenvalue weighted by Gasteiger charge is -2.36. The summed E-state index contributed by atoms with van der Waals surface area (Å²) in [6.45, 7) is 5.26. The molecule has 2 saturated heterocycles. The van der Waals surface area contributed by atoms with Gasteiger partial charge in [-0.25, -0.2) is 9.78 Å². The number of nitrogens with zero attached hydrogens (tertiary/aromatic N) is 3. The first-order valence-electron chi connectivity index (χ1n) is 18.7. The maximum absolute atomic E-state index is 14.2. The highest BCUT2D eigenvalue weighted by Gasteiger charge is 2.60. The molecule has 1 saturated carbocycles. The lowest BCUT2D eigenvalue weighted by molar-refractivity contribution is -0.148. The Morgan fingerprint density at radius 3 is 2.63 bits per heavy atom. The standard InChI is InChI=1S/C41H52N4O6/c1-3-50-40(48)41(42-29-46)27-31(41)17-11-5-4-6-12-18-37(44-22-13-8-14-23-44)39(47)45-24-21-33(28-45)51-38-26-35(30-15-9-7-10-16-30)43-36-25-32(49-2)19-20-34(36)38/h7,9-11,15-17,19-20,25-26,29,31,33,37H,3-6,8,12-14,18,21-24,27-28H2,1-2H3,(H,42,46)/b17-11-/t31?,33-,37+,41?/m1/s1. The van der Waals surface area contributed by atoms with E-state index in [4.69, 9.17) is 19.2 Å². The van der Waals surface area contributed by atoms with Crippen LogP contribution in [-0.2, 0) is 19.1 Å². The number of likely N-dealkylation sites (tertiary alicyclic amines) is 2. The number of piperidine rings is 1. The molecule has 1 N–H and O–H groups in total. The van der Waals surface area contributed by atoms with E-state index in [1.807, 2.05) is 65.6 Å². The van der Waals surface area contributed by atoms with Gasteiger partial charge in [-0.15, -0.1) is 0 Å². The molecule has 2 amide bonds. The Bertz CT molecular complexity index is 1680. The Morgan fingerprint density at radius 2 is 1.86 bits per heavy atom. The number of amides is 2. The number of rotatable bonds is 17. The normalized spacial score (nSPS) is 22.5. The third-order valence-corrected chi connectivity index (χ3v) is 10.6. The number of benzene rings is 2. The Kier molecular flexibility index (Phi) is 12.2. The highest BCUT2D eigenvalue weighted by atomic mass is 16.5. The van der Waals surface area contributed by atoms with E-state index < -0.39 is 5.54 Å². The zero-order valence-corrected chi connectivity index (χ0v) is 30.1. The summed E-state index contributed by atoms with van der Waals surface area (Å²) in [7, 11) is 1.66. The summed E-state index contributed by atoms with van der Waals surface area (Å²) in [5.74, 6) is 1.36. The molecule has 0 radical (unpaired) electrons. The SMILES string of the molecule is CCOC(=O)C1(NC=O)CC1/C=C\CCCCC[C@@H](C(=O)N1CC[C@@H](Oc2cc(-c3ccccc3)nc3cc(OC)ccc23)C1)N1CCCCC1. The number of pyridine rings is 1. The molecule has 10 heteroatoms. The fourth-order valence-corrected chi connectivity index (χ4v) is 7.65. The Balaban J connectivity index is 1.04. The van der Waals surface area contributed by atoms with Crippen LogP contribution < -0.4 is 14.8 Å². The van der Waals surface area contributed by atoms with Crippen LogP contribution in [0.1, 0.15) is 71.1 Å². The van der Waals surface area contributed by atoms with Gasteiger partial charge in [0.05, 0.1) is 37.5 Å². The average Bonchev–Trinajstić information content (AvgIpc) is 3.66. The molecule has 1 aliphatic carbocycles. The van der Waals surface area contributed by atoms with Crippen molar-refractivity contribution < 1.29 is 28.6 Å². The van der Waals surface area contributed by atoms with Gasteiger partial charge in [-0.2, -0.15) is 0 Å². The van der Waals surface area contributed by atoms with Gasteiger partial charge in [0.2, 0.25) is 12.3 Å². The number of ether oxygens (including phenoxy) is 3. The molecule has 2 aromatic carbocycles. The Labute approximate surface area is 301 Å². The highest BCUT2D eigenvalue weighted by Crippen LogP contribution is 2.45. The number of methoxy groups -OCH3 is 1. The van der Waals surface area contributed by atoms with Gasteiger partial charge >= 0.3 is 5.97 Å². The van der Waals surface area contributed by atoms with Crippen molar-refractivity contribution in [1.29, 1.82) is 0 Å². The fourth-order valence-electron chi connectivity index (χ4n) is 7.65. The minimum absolute atomic E-state index is 0.0252. The van der Waals surface area contributed by atoms with Gasteiger partial charge in [0.1, 0.15) is 23.1 Å². The first-order valence-corrected chi connectivity index (χ1v) is 18.7. The van der Waals surface area contributed by atoms with E-state index in [1.54, 1.807) is 14.0 Å². The van der Waals surface area contributed by atoms with Crippen molar-refractivity contribution in [3.05, 3.63) is 66.7 Å². The highest BCUT2D eigenvalue weighted by molar-refractivity contribution is 5.89. The van der Waals surface area contributed by atoms with Gasteiger partial charge in [0.25, 0.3) is 0 Å². The molecular weight excluding hydrogens is 644 g/mol. The molecule has 6 rings (SSSR count). The maximum Gasteiger partial charge on any atom is 0.332 e. The van der Waals surface area contributed by atoms with Crippen molar-refractivity contribution in [1.82, 2.24) is 20.1 Å². The summed E-state index contributed by atoms with van der Waals surface area (Å²) >= 11 is 0. The first kappa shape index (κ1) is 36.4. The van der Waals surface area contributed by atoms with Crippen molar-refractivity contribution in [2.24, 2.45) is 5.92 Å². The van der Waals surface area contributed by atoms with Gasteiger partial charge < -0.3 is 24.4 Å². The molecule has 1 aromatic heterocycles. The summed E-state index contributed by atoms with van der Waals surface area (Å²) in [6, 6.07) is 17.9. The summed E-state index contributed by atoms with van der Waals surface area (Å²) in [5, 5.41) is 3.60. The lowest BCUT2D eigenvalue weighted by Crippen LogP contribution is -2.50. The minimum Gasteiger partial charge on any atom is -0.497 e. The van der Waals surface area contributed by atoms with E-state index in [9.17, 15) is 14.4 Å². The number of carbonyl (C=O) groups excluding carboxylic acids is 3. The van der Waals surface area contributed by atoms with Crippen molar-refractivity contribution in [3.63, 3.8) is 0 Å². The molecule has 51 heavy (non-hydrogen) atoms. The largest absolute Gasteiger partial charge is 0.497 e. The van der Waals surface area contributed by atoms with Crippen molar-refractivity contribution in [3.8, 4) is 22.8 Å². The second kappa shape index (κ2) is 17.2. The second-order valence-electron chi connectivity index (χ2n) is 14.0. The van der Waals surface area contributed by atoms with Crippen molar-refractivity contribution >= 4 is 29.2 Å². The van der Waals surface area contributed by atoms with Crippen LogP contribution in [0.5, 0.6) is 11.5 Å². The predicted molar refractivity (Wildman–Crippen MR) is 197 cm³/mol. The molecule has 3 aromatic rings. The third kappa shape index (κ3) is 8.72. The molecule has 0 bridgehead atoms. The number of nitrogens with one attached hydrogen (secondary N) is 1. The van der Waals surface area contributed by atoms with Gasteiger partial charge in [-0.1, -0.05) is 61.7 Å². The van der Waals surface area contributed by atoms with Gasteiger partial charge in [0, 0.05) is 42.0 Å². The smallest absolute Gasteiger partial charge is 0.332 e. The number of aromatic nitrogens is 1. The van der Waals surface area contributed by atoms with E-state index in [-0.39, 0.29) is 29.9 Å². The summed E-state index contributed by atoms with van der Waals surface area (Å²) < 4.78 is 17.4. The first-order chi connectivity index (χ1) is 25.0. The molecule has 4 atom stereocenters. The van der Waals surface area contributed by atoms with Crippen LogP contribution in [0.15, 0.2) is 66.7 Å². The van der Waals surface area contributed by atoms with E-state index >= 15 is 0 Å². The van der Waals surface area contributed by atoms with Crippen LogP contribution in [0.3, 0.4) is 0 Å². The zero-order chi connectivity index (χ0) is 35.6. The van der Waals surface area contributed by atoms with Gasteiger partial charge in [0.15, 0.2) is 0 Å². The third-order valence-electron chi connectivity index (χ3n) is 10.6. The van der Waals surface area contributed by atoms with Crippen LogP contribution in [-0.4, -0.2) is 90.7 Å². The van der Waals surface area contributed by atoms with Crippen LogP contribution in [0.2, 0.25) is 0 Å². The molecule has 10 nitrogen and oxygen atoms in total. The van der Waals surface area contributed by atoms with Gasteiger partial charge in [-0.3, -0.25) is 14.5 Å². The van der Waals surface area contributed by atoms with Crippen molar-refractivity contribution in [2.45, 2.75) is 88.8 Å². The van der Waals surface area contributed by atoms with Crippen molar-refractivity contribution in [2.75, 3.05) is 39.9 Å². The number of hydrogen-bond acceptors (Lipinski definition) is 8. The molecule has 0 spiro atoms. The Hall–Kier alpha value is -4.44. The molecule has 3 heterocycles. The number of fused-ring (bicyclic) bond motifs is 1. The monoisotopic (exact) mass is 696 g/mol. The number of carbonyl (C=O) groups is 3. The molecule has 3 aliphatic rings. The lowest BCUT2D eigenvalue weighted by atomic mass is 10.0. The number of allylic oxidation sites excluding steroid dienone is 1. The predicted octanol–water partition coefficient (Wildman–Crippen LogP) is 6.32. The summed E-state index contributed by atoms with van der Waals surface area (Å²) in [6.07, 6.45) is 14.2. The number of unbranched alkanes of at least 4 members (excludes halogenated alkanes) is 3.